The fourth-order valence-electron chi connectivity index (χ4n) is 3.59. The van der Waals surface area contributed by atoms with Gasteiger partial charge in [0.1, 0.15) is 6.61 Å². The third-order valence-electron chi connectivity index (χ3n) is 5.13. The van der Waals surface area contributed by atoms with Crippen molar-refractivity contribution in [2.75, 3.05) is 40.0 Å². The average Bonchev–Trinajstić information content (AvgIpc) is 3.46. The van der Waals surface area contributed by atoms with Crippen molar-refractivity contribution in [1.82, 2.24) is 20.0 Å². The van der Waals surface area contributed by atoms with Crippen LogP contribution in [-0.2, 0) is 33.4 Å². The summed E-state index contributed by atoms with van der Waals surface area (Å²) in [6.45, 7) is 2.00. The first-order chi connectivity index (χ1) is 15.5. The largest absolute Gasteiger partial charge is 0.467 e. The Labute approximate surface area is 183 Å². The minimum atomic E-state index is -0.793. The van der Waals surface area contributed by atoms with Crippen LogP contribution in [0.5, 0.6) is 0 Å². The lowest BCUT2D eigenvalue weighted by Crippen LogP contribution is -2.52. The van der Waals surface area contributed by atoms with Crippen LogP contribution in [-0.4, -0.2) is 102 Å². The van der Waals surface area contributed by atoms with Gasteiger partial charge in [-0.25, -0.2) is 14.4 Å². The first-order valence-corrected chi connectivity index (χ1v) is 10.1. The Morgan fingerprint density at radius 3 is 2.69 bits per heavy atom. The maximum Gasteiger partial charge on any atom is 0.410 e. The van der Waals surface area contributed by atoms with Gasteiger partial charge in [0.2, 0.25) is 6.61 Å². The summed E-state index contributed by atoms with van der Waals surface area (Å²) in [5.41, 5.74) is 0.285. The Hall–Kier alpha value is -3.64. The number of hydrogen-bond acceptors (Lipinski definition) is 10. The number of cyclic esters (lactones) is 1. The molecule has 13 nitrogen and oxygen atoms in total. The van der Waals surface area contributed by atoms with E-state index in [4.69, 9.17) is 19.0 Å². The number of ether oxygens (including phenoxy) is 3. The summed E-state index contributed by atoms with van der Waals surface area (Å²) < 4.78 is 14.5. The Morgan fingerprint density at radius 2 is 2.06 bits per heavy atom. The minimum Gasteiger partial charge on any atom is -0.467 e. The Morgan fingerprint density at radius 1 is 1.31 bits per heavy atom. The van der Waals surface area contributed by atoms with Crippen molar-refractivity contribution < 1.29 is 38.2 Å². The predicted molar refractivity (Wildman–Crippen MR) is 106 cm³/mol. The van der Waals surface area contributed by atoms with Crippen molar-refractivity contribution >= 4 is 29.7 Å². The number of aromatic amines is 1. The molecule has 2 aliphatic rings. The third kappa shape index (κ3) is 5.15. The van der Waals surface area contributed by atoms with Crippen LogP contribution >= 0.6 is 0 Å². The molecule has 0 aromatic carbocycles. The number of carbonyl (C=O) groups excluding carboxylic acids is 4. The maximum absolute atomic E-state index is 13.1. The highest BCUT2D eigenvalue weighted by Gasteiger charge is 2.44. The van der Waals surface area contributed by atoms with Crippen LogP contribution in [0.15, 0.2) is 17.4 Å². The molecule has 2 saturated heterocycles. The van der Waals surface area contributed by atoms with Gasteiger partial charge in [0.05, 0.1) is 19.4 Å². The van der Waals surface area contributed by atoms with E-state index in [9.17, 15) is 19.2 Å². The van der Waals surface area contributed by atoms with E-state index in [1.54, 1.807) is 17.9 Å². The molecule has 2 fully saturated rings. The van der Waals surface area contributed by atoms with E-state index in [1.807, 2.05) is 0 Å². The number of methoxy groups -OCH3 is 1. The lowest BCUT2D eigenvalue weighted by Gasteiger charge is -2.37. The number of amides is 2. The van der Waals surface area contributed by atoms with Gasteiger partial charge >= 0.3 is 18.0 Å². The number of hydrogen-bond donors (Lipinski definition) is 1. The average molecular weight is 451 g/mol. The lowest BCUT2D eigenvalue weighted by atomic mass is 10.0. The van der Waals surface area contributed by atoms with Crippen LogP contribution < -0.4 is 0 Å². The SMILES string of the molecule is CCOC(=O)CO/N=C(/C(=O)N1CCC(N2C(=O)OCC2C(=O)OC)CC1)c1ccn[nH]1. The van der Waals surface area contributed by atoms with Crippen LogP contribution in [0.4, 0.5) is 4.79 Å². The number of aromatic nitrogens is 2. The Kier molecular flexibility index (Phi) is 7.63. The van der Waals surface area contributed by atoms with E-state index in [0.717, 1.165) is 0 Å². The van der Waals surface area contributed by atoms with E-state index in [-0.39, 0.29) is 25.0 Å². The Balaban J connectivity index is 1.64. The maximum atomic E-state index is 13.1. The first-order valence-electron chi connectivity index (χ1n) is 10.1. The third-order valence-corrected chi connectivity index (χ3v) is 5.13. The number of oxime groups is 1. The van der Waals surface area contributed by atoms with Crippen LogP contribution in [0.25, 0.3) is 0 Å². The van der Waals surface area contributed by atoms with Crippen LogP contribution in [0, 0.1) is 0 Å². The zero-order valence-electron chi connectivity index (χ0n) is 17.8. The predicted octanol–water partition coefficient (Wildman–Crippen LogP) is -0.322. The summed E-state index contributed by atoms with van der Waals surface area (Å²) in [6, 6.07) is 0.488. The normalized spacial score (nSPS) is 19.5. The number of piperidine rings is 1. The summed E-state index contributed by atoms with van der Waals surface area (Å²) >= 11 is 0. The fraction of sp³-hybridized carbons (Fsp3) is 0.579. The van der Waals surface area contributed by atoms with Crippen LogP contribution in [0.1, 0.15) is 25.5 Å². The molecule has 1 unspecified atom stereocenters. The molecule has 2 amide bonds. The van der Waals surface area contributed by atoms with Crippen molar-refractivity contribution in [2.45, 2.75) is 31.8 Å². The van der Waals surface area contributed by atoms with Gasteiger partial charge in [-0.05, 0) is 25.8 Å². The summed E-state index contributed by atoms with van der Waals surface area (Å²) in [7, 11) is 1.25. The molecule has 1 aromatic heterocycles. The highest BCUT2D eigenvalue weighted by molar-refractivity contribution is 6.44. The molecule has 1 aromatic rings. The van der Waals surface area contributed by atoms with Gasteiger partial charge < -0.3 is 23.9 Å². The summed E-state index contributed by atoms with van der Waals surface area (Å²) in [4.78, 5) is 56.6. The molecule has 1 atom stereocenters. The summed E-state index contributed by atoms with van der Waals surface area (Å²) in [5, 5.41) is 10.3. The molecular formula is C19H25N5O8. The number of nitrogens with zero attached hydrogens (tertiary/aromatic N) is 4. The summed E-state index contributed by atoms with van der Waals surface area (Å²) in [6.07, 6.45) is 1.77. The molecule has 3 rings (SSSR count). The van der Waals surface area contributed by atoms with E-state index in [1.165, 1.54) is 18.2 Å². The van der Waals surface area contributed by atoms with Gasteiger partial charge in [-0.1, -0.05) is 5.16 Å². The number of carbonyl (C=O) groups is 4. The molecule has 174 valence electrons. The van der Waals surface area contributed by atoms with Gasteiger partial charge in [0.25, 0.3) is 5.91 Å². The Bertz CT molecular complexity index is 863. The smallest absolute Gasteiger partial charge is 0.410 e. The van der Waals surface area contributed by atoms with Crippen LogP contribution in [0.3, 0.4) is 0 Å². The molecule has 0 aliphatic carbocycles. The van der Waals surface area contributed by atoms with Gasteiger partial charge in [-0.3, -0.25) is 14.8 Å². The van der Waals surface area contributed by atoms with Crippen molar-refractivity contribution in [3.8, 4) is 0 Å². The molecule has 1 N–H and O–H groups in total. The van der Waals surface area contributed by atoms with Crippen molar-refractivity contribution in [2.24, 2.45) is 5.16 Å². The van der Waals surface area contributed by atoms with Crippen molar-refractivity contribution in [3.63, 3.8) is 0 Å². The monoisotopic (exact) mass is 451 g/mol. The molecule has 0 radical (unpaired) electrons. The molecule has 0 saturated carbocycles. The van der Waals surface area contributed by atoms with Crippen molar-refractivity contribution in [3.05, 3.63) is 18.0 Å². The minimum absolute atomic E-state index is 0.0433. The highest BCUT2D eigenvalue weighted by atomic mass is 16.7. The quantitative estimate of drug-likeness (QED) is 0.242. The molecule has 3 heterocycles. The number of likely N-dealkylation sites (tertiary alicyclic amines) is 1. The zero-order chi connectivity index (χ0) is 23.1. The molecule has 2 aliphatic heterocycles. The lowest BCUT2D eigenvalue weighted by molar-refractivity contribution is -0.148. The number of H-pyrrole nitrogens is 1. The molecule has 0 spiro atoms. The standard InChI is InChI=1S/C19H25N5O8/c1-3-30-15(25)11-32-22-16(13-4-7-20-21-13)17(26)23-8-5-12(6-9-23)24-14(18(27)29-2)10-31-19(24)28/h4,7,12,14H,3,5-6,8-11H2,1-2H3,(H,20,21)/b22-16+. The van der Waals surface area contributed by atoms with Gasteiger partial charge in [-0.15, -0.1) is 0 Å². The highest BCUT2D eigenvalue weighted by Crippen LogP contribution is 2.25. The van der Waals surface area contributed by atoms with E-state index in [0.29, 0.717) is 31.6 Å². The number of rotatable bonds is 8. The van der Waals surface area contributed by atoms with Gasteiger partial charge in [0, 0.05) is 25.3 Å². The van der Waals surface area contributed by atoms with Crippen LogP contribution in [0.2, 0.25) is 0 Å². The summed E-state index contributed by atoms with van der Waals surface area (Å²) in [5.74, 6) is -1.57. The second-order valence-electron chi connectivity index (χ2n) is 7.04. The van der Waals surface area contributed by atoms with E-state index < -0.39 is 36.6 Å². The molecular weight excluding hydrogens is 426 g/mol. The van der Waals surface area contributed by atoms with Gasteiger partial charge in [-0.2, -0.15) is 5.10 Å². The van der Waals surface area contributed by atoms with Crippen molar-refractivity contribution in [1.29, 1.82) is 0 Å². The number of esters is 2. The van der Waals surface area contributed by atoms with Gasteiger partial charge in [0.15, 0.2) is 11.8 Å². The second kappa shape index (κ2) is 10.6. The van der Waals surface area contributed by atoms with E-state index in [2.05, 4.69) is 15.4 Å². The topological polar surface area (TPSA) is 153 Å². The zero-order valence-corrected chi connectivity index (χ0v) is 17.8. The molecule has 13 heteroatoms. The molecule has 32 heavy (non-hydrogen) atoms. The second-order valence-corrected chi connectivity index (χ2v) is 7.04. The first kappa shape index (κ1) is 23.0. The molecule has 0 bridgehead atoms. The number of nitrogens with one attached hydrogen (secondary N) is 1. The fourth-order valence-corrected chi connectivity index (χ4v) is 3.59. The van der Waals surface area contributed by atoms with E-state index >= 15 is 0 Å².